The lowest BCUT2D eigenvalue weighted by molar-refractivity contribution is -0.132. The van der Waals surface area contributed by atoms with Crippen LogP contribution in [0, 0.1) is 5.92 Å². The van der Waals surface area contributed by atoms with Gasteiger partial charge >= 0.3 is 6.09 Å². The number of ether oxygens (including phenoxy) is 1. The Labute approximate surface area is 177 Å². The lowest BCUT2D eigenvalue weighted by Crippen LogP contribution is -2.43. The van der Waals surface area contributed by atoms with Crippen molar-refractivity contribution in [2.24, 2.45) is 5.92 Å². The molecule has 28 heavy (non-hydrogen) atoms. The average molecular weight is 429 g/mol. The Morgan fingerprint density at radius 3 is 2.39 bits per heavy atom. The number of carbonyl (C=O) groups is 2. The first-order valence-corrected chi connectivity index (χ1v) is 10.5. The van der Waals surface area contributed by atoms with Gasteiger partial charge in [0.25, 0.3) is 0 Å². The maximum atomic E-state index is 12.5. The third kappa shape index (κ3) is 7.17. The highest BCUT2D eigenvalue weighted by atomic mass is 35.5. The summed E-state index contributed by atoms with van der Waals surface area (Å²) < 4.78 is 5.39. The van der Waals surface area contributed by atoms with Crippen molar-refractivity contribution in [1.82, 2.24) is 9.80 Å². The van der Waals surface area contributed by atoms with Crippen LogP contribution in [-0.2, 0) is 16.0 Å². The van der Waals surface area contributed by atoms with Crippen LogP contribution in [0.25, 0.3) is 0 Å². The number of likely N-dealkylation sites (tertiary alicyclic amines) is 1. The summed E-state index contributed by atoms with van der Waals surface area (Å²) >= 11 is 12.0. The highest BCUT2D eigenvalue weighted by Gasteiger charge is 2.26. The van der Waals surface area contributed by atoms with Gasteiger partial charge in [0.2, 0.25) is 5.91 Å². The number of amides is 2. The topological polar surface area (TPSA) is 49.9 Å². The van der Waals surface area contributed by atoms with Gasteiger partial charge in [0.15, 0.2) is 0 Å². The van der Waals surface area contributed by atoms with Gasteiger partial charge in [-0.2, -0.15) is 0 Å². The Morgan fingerprint density at radius 2 is 1.82 bits per heavy atom. The number of carbonyl (C=O) groups excluding carboxylic acids is 2. The summed E-state index contributed by atoms with van der Waals surface area (Å²) in [5.74, 6) is 0.543. The second kappa shape index (κ2) is 9.84. The minimum absolute atomic E-state index is 0.157. The van der Waals surface area contributed by atoms with Gasteiger partial charge in [0.1, 0.15) is 5.60 Å². The van der Waals surface area contributed by atoms with Crippen molar-refractivity contribution in [2.45, 2.75) is 52.1 Å². The van der Waals surface area contributed by atoms with Gasteiger partial charge in [-0.05, 0) is 63.6 Å². The van der Waals surface area contributed by atoms with Gasteiger partial charge in [-0.1, -0.05) is 29.3 Å². The summed E-state index contributed by atoms with van der Waals surface area (Å²) in [6, 6.07) is 5.48. The molecule has 0 N–H and O–H groups in total. The number of aryl methyl sites for hydroxylation is 1. The predicted octanol–water partition coefficient (Wildman–Crippen LogP) is 5.03. The number of hydrogen-bond acceptors (Lipinski definition) is 3. The predicted molar refractivity (Wildman–Crippen MR) is 113 cm³/mol. The Hall–Kier alpha value is -1.46. The fourth-order valence-corrected chi connectivity index (χ4v) is 3.59. The molecule has 1 aliphatic heterocycles. The van der Waals surface area contributed by atoms with Crippen LogP contribution in [0.5, 0.6) is 0 Å². The van der Waals surface area contributed by atoms with Crippen molar-refractivity contribution in [3.8, 4) is 0 Å². The van der Waals surface area contributed by atoms with Gasteiger partial charge in [-0.3, -0.25) is 4.79 Å². The third-order valence-corrected chi connectivity index (χ3v) is 5.56. The molecule has 2 amide bonds. The monoisotopic (exact) mass is 428 g/mol. The fraction of sp³-hybridized carbons (Fsp3) is 0.619. The van der Waals surface area contributed by atoms with E-state index < -0.39 is 5.60 Å². The molecule has 156 valence electrons. The zero-order valence-corrected chi connectivity index (χ0v) is 18.6. The minimum Gasteiger partial charge on any atom is -0.444 e. The molecule has 1 aromatic carbocycles. The molecule has 0 aliphatic carbocycles. The first kappa shape index (κ1) is 22.8. The Bertz CT molecular complexity index is 695. The van der Waals surface area contributed by atoms with Crippen LogP contribution in [0.3, 0.4) is 0 Å². The number of hydrogen-bond donors (Lipinski definition) is 0. The molecule has 1 heterocycles. The molecular formula is C21H30Cl2N2O3. The molecule has 0 saturated carbocycles. The maximum Gasteiger partial charge on any atom is 0.410 e. The van der Waals surface area contributed by atoms with Crippen LogP contribution in [0.15, 0.2) is 18.2 Å². The largest absolute Gasteiger partial charge is 0.444 e. The van der Waals surface area contributed by atoms with Crippen LogP contribution in [-0.4, -0.2) is 54.1 Å². The molecule has 0 atom stereocenters. The molecule has 5 nitrogen and oxygen atoms in total. The van der Waals surface area contributed by atoms with E-state index >= 15 is 0 Å². The van der Waals surface area contributed by atoms with Gasteiger partial charge < -0.3 is 14.5 Å². The summed E-state index contributed by atoms with van der Waals surface area (Å²) in [6.07, 6.45) is 2.60. The summed E-state index contributed by atoms with van der Waals surface area (Å²) in [7, 11) is 1.77. The zero-order valence-electron chi connectivity index (χ0n) is 17.1. The second-order valence-corrected chi connectivity index (χ2v) is 9.25. The van der Waals surface area contributed by atoms with Gasteiger partial charge in [-0.15, -0.1) is 0 Å². The number of halogens is 2. The molecule has 1 aliphatic rings. The first-order valence-electron chi connectivity index (χ1n) is 9.71. The van der Waals surface area contributed by atoms with Crippen LogP contribution in [0.4, 0.5) is 4.79 Å². The summed E-state index contributed by atoms with van der Waals surface area (Å²) in [6.45, 7) is 7.70. The van der Waals surface area contributed by atoms with Crippen molar-refractivity contribution in [3.05, 3.63) is 33.8 Å². The molecule has 1 saturated heterocycles. The molecule has 0 unspecified atom stereocenters. The van der Waals surface area contributed by atoms with E-state index in [4.69, 9.17) is 27.9 Å². The van der Waals surface area contributed by atoms with Crippen molar-refractivity contribution >= 4 is 35.2 Å². The number of benzene rings is 1. The Morgan fingerprint density at radius 1 is 1.18 bits per heavy atom. The number of rotatable bonds is 5. The normalized spacial score (nSPS) is 15.4. The smallest absolute Gasteiger partial charge is 0.410 e. The first-order chi connectivity index (χ1) is 13.0. The van der Waals surface area contributed by atoms with Gasteiger partial charge in [0, 0.05) is 33.1 Å². The van der Waals surface area contributed by atoms with E-state index in [0.29, 0.717) is 35.3 Å². The fourth-order valence-electron chi connectivity index (χ4n) is 3.27. The average Bonchev–Trinajstić information content (AvgIpc) is 2.61. The summed E-state index contributed by atoms with van der Waals surface area (Å²) in [4.78, 5) is 28.1. The molecule has 2 rings (SSSR count). The van der Waals surface area contributed by atoms with E-state index in [-0.39, 0.29) is 12.0 Å². The minimum atomic E-state index is -0.491. The SMILES string of the molecule is CN(CC1CCN(C(=O)CCc2ccc(Cl)c(Cl)c2)CC1)C(=O)OC(C)(C)C. The molecule has 0 radical (unpaired) electrons. The van der Waals surface area contributed by atoms with Crippen molar-refractivity contribution in [1.29, 1.82) is 0 Å². The molecule has 0 bridgehead atoms. The molecule has 0 aromatic heterocycles. The van der Waals surface area contributed by atoms with E-state index in [0.717, 1.165) is 31.5 Å². The van der Waals surface area contributed by atoms with Crippen molar-refractivity contribution < 1.29 is 14.3 Å². The summed E-state index contributed by atoms with van der Waals surface area (Å²) in [5.41, 5.74) is 0.520. The van der Waals surface area contributed by atoms with Crippen molar-refractivity contribution in [3.63, 3.8) is 0 Å². The molecule has 1 aromatic rings. The lowest BCUT2D eigenvalue weighted by atomic mass is 9.96. The van der Waals surface area contributed by atoms with Crippen LogP contribution in [0.1, 0.15) is 45.6 Å². The van der Waals surface area contributed by atoms with Gasteiger partial charge in [-0.25, -0.2) is 4.79 Å². The van der Waals surface area contributed by atoms with E-state index in [2.05, 4.69) is 0 Å². The quantitative estimate of drug-likeness (QED) is 0.660. The second-order valence-electron chi connectivity index (χ2n) is 8.43. The van der Waals surface area contributed by atoms with E-state index in [1.807, 2.05) is 37.8 Å². The molecule has 0 spiro atoms. The third-order valence-electron chi connectivity index (χ3n) is 4.82. The van der Waals surface area contributed by atoms with Crippen LogP contribution >= 0.6 is 23.2 Å². The summed E-state index contributed by atoms with van der Waals surface area (Å²) in [5, 5.41) is 1.04. The molecule has 7 heteroatoms. The Balaban J connectivity index is 1.74. The standard InChI is InChI=1S/C21H30Cl2N2O3/c1-21(2,3)28-20(27)24(4)14-16-9-11-25(12-10-16)19(26)8-6-15-5-7-17(22)18(23)13-15/h5,7,13,16H,6,8-12,14H2,1-4H3. The maximum absolute atomic E-state index is 12.5. The highest BCUT2D eigenvalue weighted by molar-refractivity contribution is 6.42. The molecule has 1 fully saturated rings. The zero-order chi connectivity index (χ0) is 20.9. The number of piperidine rings is 1. The highest BCUT2D eigenvalue weighted by Crippen LogP contribution is 2.24. The molecular weight excluding hydrogens is 399 g/mol. The Kier molecular flexibility index (Phi) is 8.02. The number of nitrogens with zero attached hydrogens (tertiary/aromatic N) is 2. The van der Waals surface area contributed by atoms with Crippen LogP contribution in [0.2, 0.25) is 10.0 Å². The van der Waals surface area contributed by atoms with E-state index in [9.17, 15) is 9.59 Å². The van der Waals surface area contributed by atoms with Crippen LogP contribution < -0.4 is 0 Å². The van der Waals surface area contributed by atoms with E-state index in [1.165, 1.54) is 0 Å². The van der Waals surface area contributed by atoms with E-state index in [1.54, 1.807) is 18.0 Å². The van der Waals surface area contributed by atoms with Gasteiger partial charge in [0.05, 0.1) is 10.0 Å². The lowest BCUT2D eigenvalue weighted by Gasteiger charge is -2.34. The van der Waals surface area contributed by atoms with Crippen molar-refractivity contribution in [2.75, 3.05) is 26.7 Å².